The summed E-state index contributed by atoms with van der Waals surface area (Å²) in [6.45, 7) is 4.11. The first-order valence-corrected chi connectivity index (χ1v) is 13.4. The van der Waals surface area contributed by atoms with Crippen molar-refractivity contribution in [2.24, 2.45) is 11.5 Å². The lowest BCUT2D eigenvalue weighted by molar-refractivity contribution is -0.148. The smallest absolute Gasteiger partial charge is 0.328 e. The highest BCUT2D eigenvalue weighted by atomic mass is 16.5. The number of hydrogen-bond donors (Lipinski definition) is 3. The van der Waals surface area contributed by atoms with Gasteiger partial charge in [0.25, 0.3) is 0 Å². The third-order valence-corrected chi connectivity index (χ3v) is 5.94. The van der Waals surface area contributed by atoms with E-state index in [1.54, 1.807) is 0 Å². The van der Waals surface area contributed by atoms with Crippen molar-refractivity contribution in [2.75, 3.05) is 6.61 Å². The Morgan fingerprint density at radius 1 is 0.758 bits per heavy atom. The molecule has 7 heteroatoms. The molecule has 0 fully saturated rings. The maximum atomic E-state index is 12.2. The Morgan fingerprint density at radius 3 is 1.58 bits per heavy atom. The van der Waals surface area contributed by atoms with Gasteiger partial charge < -0.3 is 21.5 Å². The van der Waals surface area contributed by atoms with Crippen molar-refractivity contribution in [3.8, 4) is 0 Å². The van der Waals surface area contributed by atoms with Crippen LogP contribution in [-0.4, -0.2) is 36.5 Å². The Hall–Kier alpha value is -1.63. The van der Waals surface area contributed by atoms with Crippen LogP contribution in [0.2, 0.25) is 0 Å². The molecule has 0 unspecified atom stereocenters. The van der Waals surface area contributed by atoms with Crippen molar-refractivity contribution in [3.05, 3.63) is 0 Å². The SMILES string of the molecule is CCCCCCCCCCCCCCCCCCOC(=O)[C@@H](CCC(N)=O)NC(=O)[C@@H](C)N. The summed E-state index contributed by atoms with van der Waals surface area (Å²) in [5, 5.41) is 2.53. The average Bonchev–Trinajstić information content (AvgIpc) is 2.78. The predicted molar refractivity (Wildman–Crippen MR) is 135 cm³/mol. The van der Waals surface area contributed by atoms with Crippen LogP contribution >= 0.6 is 0 Å². The van der Waals surface area contributed by atoms with Crippen LogP contribution in [0, 0.1) is 0 Å². The highest BCUT2D eigenvalue weighted by Crippen LogP contribution is 2.13. The number of hydrogen-bond acceptors (Lipinski definition) is 5. The summed E-state index contributed by atoms with van der Waals surface area (Å²) in [5.41, 5.74) is 10.7. The van der Waals surface area contributed by atoms with Crippen molar-refractivity contribution in [2.45, 2.75) is 142 Å². The lowest BCUT2D eigenvalue weighted by atomic mass is 10.0. The minimum atomic E-state index is -0.892. The van der Waals surface area contributed by atoms with E-state index in [1.165, 1.54) is 90.4 Å². The third kappa shape index (κ3) is 20.7. The van der Waals surface area contributed by atoms with E-state index in [0.29, 0.717) is 6.61 Å². The molecule has 0 saturated heterocycles. The van der Waals surface area contributed by atoms with E-state index >= 15 is 0 Å². The molecule has 33 heavy (non-hydrogen) atoms. The number of carbonyl (C=O) groups excluding carboxylic acids is 3. The van der Waals surface area contributed by atoms with Gasteiger partial charge in [-0.2, -0.15) is 0 Å². The van der Waals surface area contributed by atoms with Crippen LogP contribution in [0.4, 0.5) is 0 Å². The average molecular weight is 470 g/mol. The van der Waals surface area contributed by atoms with Gasteiger partial charge in [-0.25, -0.2) is 4.79 Å². The summed E-state index contributed by atoms with van der Waals surface area (Å²) in [6, 6.07) is -1.63. The number of esters is 1. The number of nitrogens with one attached hydrogen (secondary N) is 1. The molecule has 0 aromatic rings. The predicted octanol–water partition coefficient (Wildman–Crippen LogP) is 4.89. The van der Waals surface area contributed by atoms with Crippen LogP contribution in [-0.2, 0) is 19.1 Å². The molecule has 0 bridgehead atoms. The lowest BCUT2D eigenvalue weighted by Crippen LogP contribution is -2.48. The highest BCUT2D eigenvalue weighted by Gasteiger charge is 2.24. The van der Waals surface area contributed by atoms with Gasteiger partial charge in [0.15, 0.2) is 0 Å². The minimum Gasteiger partial charge on any atom is -0.464 e. The zero-order valence-electron chi connectivity index (χ0n) is 21.4. The molecular weight excluding hydrogens is 418 g/mol. The molecule has 2 atom stereocenters. The number of nitrogens with two attached hydrogens (primary N) is 2. The summed E-state index contributed by atoms with van der Waals surface area (Å²) in [4.78, 5) is 35.0. The first-order valence-electron chi connectivity index (χ1n) is 13.4. The van der Waals surface area contributed by atoms with Gasteiger partial charge in [0, 0.05) is 6.42 Å². The van der Waals surface area contributed by atoms with E-state index in [1.807, 2.05) is 0 Å². The number of unbranched alkanes of at least 4 members (excludes halogenated alkanes) is 15. The van der Waals surface area contributed by atoms with Gasteiger partial charge in [-0.3, -0.25) is 9.59 Å². The fraction of sp³-hybridized carbons (Fsp3) is 0.885. The van der Waals surface area contributed by atoms with Gasteiger partial charge in [-0.1, -0.05) is 103 Å². The van der Waals surface area contributed by atoms with Crippen LogP contribution < -0.4 is 16.8 Å². The topological polar surface area (TPSA) is 125 Å². The number of primary amides is 1. The molecule has 7 nitrogen and oxygen atoms in total. The van der Waals surface area contributed by atoms with Crippen LogP contribution in [0.15, 0.2) is 0 Å². The number of rotatable bonds is 23. The zero-order valence-corrected chi connectivity index (χ0v) is 21.4. The van der Waals surface area contributed by atoms with Gasteiger partial charge in [0.05, 0.1) is 12.6 Å². The number of ether oxygens (including phenoxy) is 1. The Morgan fingerprint density at radius 2 is 1.18 bits per heavy atom. The molecule has 0 aromatic carbocycles. The van der Waals surface area contributed by atoms with Crippen LogP contribution in [0.5, 0.6) is 0 Å². The van der Waals surface area contributed by atoms with Crippen LogP contribution in [0.25, 0.3) is 0 Å². The van der Waals surface area contributed by atoms with E-state index < -0.39 is 29.9 Å². The molecule has 0 aliphatic carbocycles. The van der Waals surface area contributed by atoms with E-state index in [-0.39, 0.29) is 12.8 Å². The summed E-state index contributed by atoms with van der Waals surface area (Å²) in [5.74, 6) is -1.52. The van der Waals surface area contributed by atoms with Crippen molar-refractivity contribution >= 4 is 17.8 Å². The molecule has 0 spiro atoms. The first-order chi connectivity index (χ1) is 15.9. The fourth-order valence-corrected chi connectivity index (χ4v) is 3.76. The lowest BCUT2D eigenvalue weighted by Gasteiger charge is -2.18. The van der Waals surface area contributed by atoms with E-state index in [9.17, 15) is 14.4 Å². The van der Waals surface area contributed by atoms with Crippen molar-refractivity contribution in [1.82, 2.24) is 5.32 Å². The molecule has 0 radical (unpaired) electrons. The standard InChI is InChI=1S/C26H51N3O4/c1-3-4-5-6-7-8-9-10-11-12-13-14-15-16-17-18-21-33-26(32)23(19-20-24(28)30)29-25(31)22(2)27/h22-23H,3-21,27H2,1-2H3,(H2,28,30)(H,29,31)/t22-,23-/m1/s1. The molecule has 0 rings (SSSR count). The van der Waals surface area contributed by atoms with Crippen molar-refractivity contribution in [1.29, 1.82) is 0 Å². The fourth-order valence-electron chi connectivity index (χ4n) is 3.76. The molecule has 0 heterocycles. The molecule has 2 amide bonds. The quantitative estimate of drug-likeness (QED) is 0.145. The Balaban J connectivity index is 3.64. The summed E-state index contributed by atoms with van der Waals surface area (Å²) in [7, 11) is 0. The van der Waals surface area contributed by atoms with Gasteiger partial charge in [0.1, 0.15) is 6.04 Å². The van der Waals surface area contributed by atoms with Crippen LogP contribution in [0.3, 0.4) is 0 Å². The second kappa shape index (κ2) is 22.2. The van der Waals surface area contributed by atoms with Gasteiger partial charge in [0.2, 0.25) is 11.8 Å². The normalized spacial score (nSPS) is 12.8. The van der Waals surface area contributed by atoms with Crippen molar-refractivity contribution in [3.63, 3.8) is 0 Å². The van der Waals surface area contributed by atoms with E-state index in [0.717, 1.165) is 19.3 Å². The maximum absolute atomic E-state index is 12.2. The number of carbonyl (C=O) groups is 3. The largest absolute Gasteiger partial charge is 0.464 e. The molecule has 0 saturated carbocycles. The van der Waals surface area contributed by atoms with Gasteiger partial charge >= 0.3 is 5.97 Å². The van der Waals surface area contributed by atoms with Crippen molar-refractivity contribution < 1.29 is 19.1 Å². The van der Waals surface area contributed by atoms with Crippen LogP contribution in [0.1, 0.15) is 129 Å². The molecule has 194 valence electrons. The molecule has 0 aliphatic heterocycles. The monoisotopic (exact) mass is 469 g/mol. The first kappa shape index (κ1) is 31.4. The third-order valence-electron chi connectivity index (χ3n) is 5.94. The summed E-state index contributed by atoms with van der Waals surface area (Å²) >= 11 is 0. The highest BCUT2D eigenvalue weighted by molar-refractivity contribution is 5.87. The second-order valence-electron chi connectivity index (χ2n) is 9.33. The molecule has 0 aliphatic rings. The Bertz CT molecular complexity index is 512. The van der Waals surface area contributed by atoms with E-state index in [4.69, 9.17) is 16.2 Å². The van der Waals surface area contributed by atoms with Gasteiger partial charge in [-0.15, -0.1) is 0 Å². The Labute approximate surface area is 202 Å². The molecule has 0 aromatic heterocycles. The number of amides is 2. The summed E-state index contributed by atoms with van der Waals surface area (Å²) < 4.78 is 5.29. The summed E-state index contributed by atoms with van der Waals surface area (Å²) in [6.07, 6.45) is 20.7. The Kier molecular flexibility index (Phi) is 21.1. The zero-order chi connectivity index (χ0) is 24.7. The van der Waals surface area contributed by atoms with Gasteiger partial charge in [-0.05, 0) is 19.8 Å². The maximum Gasteiger partial charge on any atom is 0.328 e. The minimum absolute atomic E-state index is 0.00194. The molecular formula is C26H51N3O4. The van der Waals surface area contributed by atoms with E-state index in [2.05, 4.69) is 12.2 Å². The molecule has 5 N–H and O–H groups in total. The second-order valence-corrected chi connectivity index (χ2v) is 9.33.